The van der Waals surface area contributed by atoms with E-state index in [0.29, 0.717) is 0 Å². The molecule has 1 aliphatic rings. The standard InChI is InChI=1S/C14H22N2O2S/c1-3-12(8-17)15-4-6-16(7-5-15)14(18)13-10-19-9-11(13)2/h9-10,12,17H,3-8H2,1-2H3. The summed E-state index contributed by atoms with van der Waals surface area (Å²) >= 11 is 1.58. The molecular weight excluding hydrogens is 260 g/mol. The third-order valence-corrected chi connectivity index (χ3v) is 4.75. The highest BCUT2D eigenvalue weighted by Crippen LogP contribution is 2.18. The summed E-state index contributed by atoms with van der Waals surface area (Å²) in [5, 5.41) is 13.3. The van der Waals surface area contributed by atoms with Crippen LogP contribution >= 0.6 is 11.3 Å². The third-order valence-electron chi connectivity index (χ3n) is 3.89. The van der Waals surface area contributed by atoms with Crippen molar-refractivity contribution in [2.45, 2.75) is 26.3 Å². The summed E-state index contributed by atoms with van der Waals surface area (Å²) in [4.78, 5) is 16.6. The molecule has 1 amide bonds. The van der Waals surface area contributed by atoms with Gasteiger partial charge in [-0.3, -0.25) is 9.69 Å². The first kappa shape index (κ1) is 14.5. The first-order chi connectivity index (χ1) is 9.17. The van der Waals surface area contributed by atoms with Crippen molar-refractivity contribution in [3.8, 4) is 0 Å². The molecule has 106 valence electrons. The summed E-state index contributed by atoms with van der Waals surface area (Å²) in [5.41, 5.74) is 1.91. The molecule has 0 aromatic carbocycles. The van der Waals surface area contributed by atoms with E-state index in [1.807, 2.05) is 22.6 Å². The summed E-state index contributed by atoms with van der Waals surface area (Å²) in [7, 11) is 0. The van der Waals surface area contributed by atoms with E-state index < -0.39 is 0 Å². The van der Waals surface area contributed by atoms with Crippen LogP contribution in [0.25, 0.3) is 0 Å². The number of nitrogens with zero attached hydrogens (tertiary/aromatic N) is 2. The Morgan fingerprint density at radius 3 is 2.53 bits per heavy atom. The number of carbonyl (C=O) groups is 1. The van der Waals surface area contributed by atoms with E-state index in [9.17, 15) is 9.90 Å². The number of hydrogen-bond donors (Lipinski definition) is 1. The van der Waals surface area contributed by atoms with Crippen LogP contribution in [-0.4, -0.2) is 59.6 Å². The lowest BCUT2D eigenvalue weighted by atomic mass is 10.1. The van der Waals surface area contributed by atoms with Crippen LogP contribution in [0.4, 0.5) is 0 Å². The van der Waals surface area contributed by atoms with E-state index in [-0.39, 0.29) is 18.6 Å². The summed E-state index contributed by atoms with van der Waals surface area (Å²) in [6, 6.07) is 0.236. The molecular formula is C14H22N2O2S. The lowest BCUT2D eigenvalue weighted by Gasteiger charge is -2.38. The van der Waals surface area contributed by atoms with Gasteiger partial charge in [-0.05, 0) is 24.3 Å². The van der Waals surface area contributed by atoms with E-state index in [2.05, 4.69) is 11.8 Å². The normalized spacial score (nSPS) is 18.6. The zero-order valence-electron chi connectivity index (χ0n) is 11.6. The molecule has 0 spiro atoms. The van der Waals surface area contributed by atoms with Crippen LogP contribution in [0.15, 0.2) is 10.8 Å². The van der Waals surface area contributed by atoms with Gasteiger partial charge in [-0.1, -0.05) is 6.92 Å². The first-order valence-electron chi connectivity index (χ1n) is 6.84. The van der Waals surface area contributed by atoms with Crippen molar-refractivity contribution in [3.63, 3.8) is 0 Å². The van der Waals surface area contributed by atoms with Crippen molar-refractivity contribution >= 4 is 17.2 Å². The Labute approximate surface area is 118 Å². The van der Waals surface area contributed by atoms with Gasteiger partial charge in [0.1, 0.15) is 0 Å². The molecule has 1 atom stereocenters. The molecule has 0 bridgehead atoms. The number of thiophene rings is 1. The Morgan fingerprint density at radius 2 is 2.05 bits per heavy atom. The van der Waals surface area contributed by atoms with Crippen molar-refractivity contribution in [1.29, 1.82) is 0 Å². The van der Waals surface area contributed by atoms with Gasteiger partial charge in [0.25, 0.3) is 5.91 Å². The highest BCUT2D eigenvalue weighted by Gasteiger charge is 2.26. The van der Waals surface area contributed by atoms with E-state index in [1.165, 1.54) is 0 Å². The predicted molar refractivity (Wildman–Crippen MR) is 77.7 cm³/mol. The number of hydrogen-bond acceptors (Lipinski definition) is 4. The molecule has 19 heavy (non-hydrogen) atoms. The molecule has 0 aliphatic carbocycles. The lowest BCUT2D eigenvalue weighted by molar-refractivity contribution is 0.0472. The minimum atomic E-state index is 0.149. The Balaban J connectivity index is 1.93. The highest BCUT2D eigenvalue weighted by molar-refractivity contribution is 7.08. The van der Waals surface area contributed by atoms with Gasteiger partial charge < -0.3 is 10.0 Å². The average molecular weight is 282 g/mol. The predicted octanol–water partition coefficient (Wildman–Crippen LogP) is 1.59. The second-order valence-electron chi connectivity index (χ2n) is 5.04. The summed E-state index contributed by atoms with van der Waals surface area (Å²) in [5.74, 6) is 0.149. The van der Waals surface area contributed by atoms with Crippen molar-refractivity contribution in [2.75, 3.05) is 32.8 Å². The van der Waals surface area contributed by atoms with Crippen LogP contribution in [0.2, 0.25) is 0 Å². The van der Waals surface area contributed by atoms with Gasteiger partial charge in [-0.15, -0.1) is 0 Å². The maximum Gasteiger partial charge on any atom is 0.255 e. The van der Waals surface area contributed by atoms with Crippen LogP contribution in [0.1, 0.15) is 29.3 Å². The Morgan fingerprint density at radius 1 is 1.37 bits per heavy atom. The van der Waals surface area contributed by atoms with E-state index in [4.69, 9.17) is 0 Å². The number of amides is 1. The number of aliphatic hydroxyl groups excluding tert-OH is 1. The molecule has 1 aromatic rings. The molecule has 1 aliphatic heterocycles. The van der Waals surface area contributed by atoms with Crippen LogP contribution in [-0.2, 0) is 0 Å². The van der Waals surface area contributed by atoms with Crippen molar-refractivity contribution < 1.29 is 9.90 Å². The molecule has 0 saturated carbocycles. The first-order valence-corrected chi connectivity index (χ1v) is 7.78. The zero-order valence-corrected chi connectivity index (χ0v) is 12.4. The minimum Gasteiger partial charge on any atom is -0.395 e. The highest BCUT2D eigenvalue weighted by atomic mass is 32.1. The third kappa shape index (κ3) is 3.16. The van der Waals surface area contributed by atoms with E-state index >= 15 is 0 Å². The van der Waals surface area contributed by atoms with Crippen LogP contribution < -0.4 is 0 Å². The fraction of sp³-hybridized carbons (Fsp3) is 0.643. The molecule has 1 unspecified atom stereocenters. The van der Waals surface area contributed by atoms with Gasteiger partial charge >= 0.3 is 0 Å². The molecule has 1 aromatic heterocycles. The molecule has 2 heterocycles. The summed E-state index contributed by atoms with van der Waals surface area (Å²) < 4.78 is 0. The Kier molecular flexibility index (Phi) is 4.96. The smallest absolute Gasteiger partial charge is 0.255 e. The number of aliphatic hydroxyl groups is 1. The molecule has 1 saturated heterocycles. The van der Waals surface area contributed by atoms with E-state index in [1.54, 1.807) is 11.3 Å². The van der Waals surface area contributed by atoms with Gasteiger partial charge in [0.15, 0.2) is 0 Å². The summed E-state index contributed by atoms with van der Waals surface area (Å²) in [6.07, 6.45) is 0.952. The number of aryl methyl sites for hydroxylation is 1. The van der Waals surface area contributed by atoms with Gasteiger partial charge in [-0.25, -0.2) is 0 Å². The van der Waals surface area contributed by atoms with Gasteiger partial charge in [0.2, 0.25) is 0 Å². The molecule has 1 fully saturated rings. The van der Waals surface area contributed by atoms with Crippen molar-refractivity contribution in [2.24, 2.45) is 0 Å². The van der Waals surface area contributed by atoms with Crippen LogP contribution in [0.5, 0.6) is 0 Å². The molecule has 5 heteroatoms. The second-order valence-corrected chi connectivity index (χ2v) is 5.78. The fourth-order valence-corrected chi connectivity index (χ4v) is 3.36. The van der Waals surface area contributed by atoms with Crippen LogP contribution in [0, 0.1) is 6.92 Å². The monoisotopic (exact) mass is 282 g/mol. The van der Waals surface area contributed by atoms with Crippen molar-refractivity contribution in [1.82, 2.24) is 9.80 Å². The number of carbonyl (C=O) groups excluding carboxylic acids is 1. The molecule has 0 radical (unpaired) electrons. The molecule has 4 nitrogen and oxygen atoms in total. The average Bonchev–Trinajstić information content (AvgIpc) is 2.86. The van der Waals surface area contributed by atoms with Gasteiger partial charge in [0.05, 0.1) is 12.2 Å². The Bertz CT molecular complexity index is 421. The zero-order chi connectivity index (χ0) is 13.8. The number of rotatable bonds is 4. The SMILES string of the molecule is CCC(CO)N1CCN(C(=O)c2cscc2C)CC1. The van der Waals surface area contributed by atoms with Crippen LogP contribution in [0.3, 0.4) is 0 Å². The van der Waals surface area contributed by atoms with Gasteiger partial charge in [-0.2, -0.15) is 11.3 Å². The molecule has 2 rings (SSSR count). The summed E-state index contributed by atoms with van der Waals surface area (Å²) in [6.45, 7) is 7.50. The van der Waals surface area contributed by atoms with Gasteiger partial charge in [0, 0.05) is 37.6 Å². The lowest BCUT2D eigenvalue weighted by Crippen LogP contribution is -2.52. The Hall–Kier alpha value is -0.910. The second kappa shape index (κ2) is 6.50. The quantitative estimate of drug-likeness (QED) is 0.912. The maximum absolute atomic E-state index is 12.4. The van der Waals surface area contributed by atoms with E-state index in [0.717, 1.165) is 43.7 Å². The molecule has 1 N–H and O–H groups in total. The maximum atomic E-state index is 12.4. The topological polar surface area (TPSA) is 43.8 Å². The minimum absolute atomic E-state index is 0.149. The van der Waals surface area contributed by atoms with Crippen molar-refractivity contribution in [3.05, 3.63) is 21.9 Å². The largest absolute Gasteiger partial charge is 0.395 e. The number of piperazine rings is 1. The fourth-order valence-electron chi connectivity index (χ4n) is 2.54.